The summed E-state index contributed by atoms with van der Waals surface area (Å²) in [6.07, 6.45) is 2.17. The summed E-state index contributed by atoms with van der Waals surface area (Å²) < 4.78 is 5.72. The third kappa shape index (κ3) is 1.64. The first-order chi connectivity index (χ1) is 7.43. The highest BCUT2D eigenvalue weighted by molar-refractivity contribution is 5.80. The zero-order valence-electron chi connectivity index (χ0n) is 8.49. The van der Waals surface area contributed by atoms with Crippen LogP contribution < -0.4 is 5.32 Å². The van der Waals surface area contributed by atoms with Gasteiger partial charge in [-0.25, -0.2) is 0 Å². The molecule has 0 bridgehead atoms. The van der Waals surface area contributed by atoms with Crippen LogP contribution in [0.2, 0.25) is 0 Å². The molecule has 0 saturated carbocycles. The molecule has 0 aliphatic carbocycles. The number of aromatic amines is 1. The van der Waals surface area contributed by atoms with Crippen LogP contribution in [0.3, 0.4) is 0 Å². The average molecular weight is 202 g/mol. The molecule has 1 saturated heterocycles. The molecule has 1 unspecified atom stereocenters. The Balaban J connectivity index is 1.95. The summed E-state index contributed by atoms with van der Waals surface area (Å²) in [7, 11) is 0. The number of morpholine rings is 1. The van der Waals surface area contributed by atoms with E-state index in [1.54, 1.807) is 0 Å². The van der Waals surface area contributed by atoms with E-state index < -0.39 is 0 Å². The molecule has 3 heteroatoms. The van der Waals surface area contributed by atoms with Crippen molar-refractivity contribution in [2.45, 2.75) is 6.10 Å². The van der Waals surface area contributed by atoms with Crippen molar-refractivity contribution in [3.63, 3.8) is 0 Å². The van der Waals surface area contributed by atoms with Gasteiger partial charge >= 0.3 is 0 Å². The minimum absolute atomic E-state index is 0.207. The van der Waals surface area contributed by atoms with E-state index in [1.165, 1.54) is 16.5 Å². The van der Waals surface area contributed by atoms with Crippen molar-refractivity contribution in [3.8, 4) is 0 Å². The van der Waals surface area contributed by atoms with Crippen LogP contribution in [-0.4, -0.2) is 24.7 Å². The van der Waals surface area contributed by atoms with Crippen LogP contribution in [0.25, 0.3) is 10.9 Å². The lowest BCUT2D eigenvalue weighted by molar-refractivity contribution is 0.0278. The summed E-state index contributed by atoms with van der Waals surface area (Å²) in [5.74, 6) is 0. The molecule has 0 radical (unpaired) electrons. The minimum atomic E-state index is 0.207. The second kappa shape index (κ2) is 3.68. The summed E-state index contributed by atoms with van der Waals surface area (Å²) >= 11 is 0. The van der Waals surface area contributed by atoms with Crippen LogP contribution in [0, 0.1) is 0 Å². The van der Waals surface area contributed by atoms with Crippen molar-refractivity contribution in [1.82, 2.24) is 10.3 Å². The van der Waals surface area contributed by atoms with Crippen molar-refractivity contribution in [1.29, 1.82) is 0 Å². The number of nitrogens with one attached hydrogen (secondary N) is 2. The van der Waals surface area contributed by atoms with E-state index in [0.717, 1.165) is 19.7 Å². The molecule has 2 heterocycles. The van der Waals surface area contributed by atoms with Crippen molar-refractivity contribution < 1.29 is 4.74 Å². The Morgan fingerprint density at radius 2 is 2.27 bits per heavy atom. The van der Waals surface area contributed by atoms with Crippen molar-refractivity contribution >= 4 is 10.9 Å². The highest BCUT2D eigenvalue weighted by Crippen LogP contribution is 2.22. The van der Waals surface area contributed by atoms with E-state index in [2.05, 4.69) is 34.6 Å². The normalized spacial score (nSPS) is 22.0. The second-order valence-corrected chi connectivity index (χ2v) is 3.89. The number of rotatable bonds is 1. The molecule has 15 heavy (non-hydrogen) atoms. The molecule has 78 valence electrons. The Kier molecular flexibility index (Phi) is 2.19. The van der Waals surface area contributed by atoms with Gasteiger partial charge in [0.05, 0.1) is 12.7 Å². The Labute approximate surface area is 88.4 Å². The summed E-state index contributed by atoms with van der Waals surface area (Å²) in [5.41, 5.74) is 2.44. The molecule has 2 N–H and O–H groups in total. The topological polar surface area (TPSA) is 37.0 Å². The highest BCUT2D eigenvalue weighted by Gasteiger charge is 2.15. The van der Waals surface area contributed by atoms with Gasteiger partial charge in [-0.1, -0.05) is 6.07 Å². The molecule has 3 rings (SSSR count). The van der Waals surface area contributed by atoms with Crippen LogP contribution in [0.15, 0.2) is 30.5 Å². The molecule has 1 aliphatic heterocycles. The van der Waals surface area contributed by atoms with Crippen LogP contribution in [0.4, 0.5) is 0 Å². The van der Waals surface area contributed by atoms with Gasteiger partial charge in [0, 0.05) is 24.8 Å². The second-order valence-electron chi connectivity index (χ2n) is 3.89. The number of hydrogen-bond acceptors (Lipinski definition) is 2. The van der Waals surface area contributed by atoms with Crippen LogP contribution >= 0.6 is 0 Å². The van der Waals surface area contributed by atoms with E-state index in [-0.39, 0.29) is 6.10 Å². The molecular weight excluding hydrogens is 188 g/mol. The first kappa shape index (κ1) is 8.95. The van der Waals surface area contributed by atoms with Gasteiger partial charge in [0.1, 0.15) is 0 Å². The fraction of sp³-hybridized carbons (Fsp3) is 0.333. The third-order valence-electron chi connectivity index (χ3n) is 2.88. The van der Waals surface area contributed by atoms with Gasteiger partial charge in [-0.3, -0.25) is 0 Å². The zero-order chi connectivity index (χ0) is 10.1. The highest BCUT2D eigenvalue weighted by atomic mass is 16.5. The minimum Gasteiger partial charge on any atom is -0.371 e. The number of H-pyrrole nitrogens is 1. The van der Waals surface area contributed by atoms with Crippen LogP contribution in [0.5, 0.6) is 0 Å². The maximum atomic E-state index is 5.72. The van der Waals surface area contributed by atoms with E-state index in [4.69, 9.17) is 4.74 Å². The lowest BCUT2D eigenvalue weighted by Crippen LogP contribution is -2.33. The summed E-state index contributed by atoms with van der Waals surface area (Å²) in [4.78, 5) is 3.19. The summed E-state index contributed by atoms with van der Waals surface area (Å²) in [6, 6.07) is 8.54. The predicted molar refractivity (Wildman–Crippen MR) is 59.9 cm³/mol. The van der Waals surface area contributed by atoms with Crippen molar-refractivity contribution in [2.75, 3.05) is 19.7 Å². The van der Waals surface area contributed by atoms with Gasteiger partial charge in [-0.2, -0.15) is 0 Å². The van der Waals surface area contributed by atoms with Gasteiger partial charge in [-0.05, 0) is 29.1 Å². The SMILES string of the molecule is c1cc2cc(C3CNCCO3)ccc2[nH]1. The van der Waals surface area contributed by atoms with Gasteiger partial charge in [0.2, 0.25) is 0 Å². The van der Waals surface area contributed by atoms with Crippen LogP contribution in [0.1, 0.15) is 11.7 Å². The van der Waals surface area contributed by atoms with Gasteiger partial charge in [0.25, 0.3) is 0 Å². The summed E-state index contributed by atoms with van der Waals surface area (Å²) in [6.45, 7) is 2.68. The van der Waals surface area contributed by atoms with E-state index in [9.17, 15) is 0 Å². The molecule has 1 aromatic carbocycles. The Bertz CT molecular complexity index is 457. The number of ether oxygens (including phenoxy) is 1. The van der Waals surface area contributed by atoms with E-state index in [0.29, 0.717) is 0 Å². The third-order valence-corrected chi connectivity index (χ3v) is 2.88. The molecule has 0 amide bonds. The lowest BCUT2D eigenvalue weighted by Gasteiger charge is -2.23. The Hall–Kier alpha value is -1.32. The predicted octanol–water partition coefficient (Wildman–Crippen LogP) is 1.83. The molecule has 1 aromatic heterocycles. The fourth-order valence-corrected chi connectivity index (χ4v) is 2.05. The van der Waals surface area contributed by atoms with Crippen molar-refractivity contribution in [2.24, 2.45) is 0 Å². The number of benzene rings is 1. The molecule has 1 fully saturated rings. The Morgan fingerprint density at radius 3 is 3.13 bits per heavy atom. The first-order valence-electron chi connectivity index (χ1n) is 5.33. The molecule has 3 nitrogen and oxygen atoms in total. The van der Waals surface area contributed by atoms with Crippen molar-refractivity contribution in [3.05, 3.63) is 36.0 Å². The first-order valence-corrected chi connectivity index (χ1v) is 5.33. The van der Waals surface area contributed by atoms with E-state index in [1.807, 2.05) is 6.20 Å². The maximum absolute atomic E-state index is 5.72. The van der Waals surface area contributed by atoms with Crippen LogP contribution in [-0.2, 0) is 4.74 Å². The standard InChI is InChI=1S/C12H14N2O/c1-2-11-9(3-4-14-11)7-10(1)12-8-13-5-6-15-12/h1-4,7,12-14H,5-6,8H2. The smallest absolute Gasteiger partial charge is 0.0950 e. The Morgan fingerprint density at radius 1 is 1.27 bits per heavy atom. The molecule has 2 aromatic rings. The lowest BCUT2D eigenvalue weighted by atomic mass is 10.1. The fourth-order valence-electron chi connectivity index (χ4n) is 2.05. The summed E-state index contributed by atoms with van der Waals surface area (Å²) in [5, 5.41) is 4.59. The maximum Gasteiger partial charge on any atom is 0.0950 e. The monoisotopic (exact) mass is 202 g/mol. The molecule has 0 spiro atoms. The number of fused-ring (bicyclic) bond motifs is 1. The average Bonchev–Trinajstić information content (AvgIpc) is 2.77. The van der Waals surface area contributed by atoms with E-state index >= 15 is 0 Å². The largest absolute Gasteiger partial charge is 0.371 e. The molecule has 1 aliphatic rings. The molecule has 1 atom stereocenters. The quantitative estimate of drug-likeness (QED) is 0.740. The van der Waals surface area contributed by atoms with Gasteiger partial charge in [0.15, 0.2) is 0 Å². The molecular formula is C12H14N2O. The number of hydrogen-bond donors (Lipinski definition) is 2. The number of aromatic nitrogens is 1. The van der Waals surface area contributed by atoms with Gasteiger partial charge in [-0.15, -0.1) is 0 Å². The zero-order valence-corrected chi connectivity index (χ0v) is 8.49. The van der Waals surface area contributed by atoms with Gasteiger partial charge < -0.3 is 15.0 Å².